The summed E-state index contributed by atoms with van der Waals surface area (Å²) >= 11 is 0. The maximum Gasteiger partial charge on any atom is 0.138 e. The summed E-state index contributed by atoms with van der Waals surface area (Å²) in [5.74, 6) is 2.71. The Labute approximate surface area is 192 Å². The molecule has 0 spiro atoms. The third-order valence-corrected chi connectivity index (χ3v) is 12.9. The minimum Gasteiger partial charge on any atom is -0.299 e. The molecule has 1 nitrogen and oxygen atoms in total. The van der Waals surface area contributed by atoms with Gasteiger partial charge < -0.3 is 0 Å². The lowest BCUT2D eigenvalue weighted by molar-refractivity contribution is -0.226. The second-order valence-electron chi connectivity index (χ2n) is 14.8. The second kappa shape index (κ2) is 6.29. The normalized spacial score (nSPS) is 52.8. The SMILES string of the molecule is CC1(C)C=C2CCC3(C)C(CCC4C5(C)CCC(=O)C(C)(C)C5CCC43C)C2(C)CC1. The van der Waals surface area contributed by atoms with Crippen LogP contribution in [-0.4, -0.2) is 5.78 Å². The molecule has 0 saturated heterocycles. The van der Waals surface area contributed by atoms with E-state index in [0.717, 1.165) is 24.7 Å². The van der Waals surface area contributed by atoms with Crippen molar-refractivity contribution in [2.75, 3.05) is 0 Å². The molecule has 4 fully saturated rings. The summed E-state index contributed by atoms with van der Waals surface area (Å²) in [7, 11) is 0. The summed E-state index contributed by atoms with van der Waals surface area (Å²) in [5, 5.41) is 0. The van der Waals surface area contributed by atoms with Crippen LogP contribution in [0.5, 0.6) is 0 Å². The fourth-order valence-corrected chi connectivity index (χ4v) is 10.8. The molecule has 5 aliphatic carbocycles. The number of carbonyl (C=O) groups excluding carboxylic acids is 1. The van der Waals surface area contributed by atoms with Crippen molar-refractivity contribution >= 4 is 5.78 Å². The molecular weight excluding hydrogens is 376 g/mol. The zero-order valence-corrected chi connectivity index (χ0v) is 21.8. The van der Waals surface area contributed by atoms with Crippen molar-refractivity contribution in [1.82, 2.24) is 0 Å². The van der Waals surface area contributed by atoms with Gasteiger partial charge in [-0.2, -0.15) is 0 Å². The zero-order valence-electron chi connectivity index (χ0n) is 21.8. The molecule has 7 unspecified atom stereocenters. The van der Waals surface area contributed by atoms with E-state index < -0.39 is 0 Å². The molecule has 5 aliphatic rings. The van der Waals surface area contributed by atoms with Crippen LogP contribution in [0, 0.1) is 50.2 Å². The minimum atomic E-state index is -0.129. The van der Waals surface area contributed by atoms with Crippen LogP contribution >= 0.6 is 0 Å². The van der Waals surface area contributed by atoms with Crippen LogP contribution in [0.4, 0.5) is 0 Å². The lowest BCUT2D eigenvalue weighted by atomic mass is 9.31. The average molecular weight is 425 g/mol. The fourth-order valence-electron chi connectivity index (χ4n) is 10.8. The summed E-state index contributed by atoms with van der Waals surface area (Å²) in [6, 6.07) is 0. The molecule has 0 radical (unpaired) electrons. The zero-order chi connectivity index (χ0) is 22.7. The van der Waals surface area contributed by atoms with Crippen LogP contribution in [-0.2, 0) is 4.79 Å². The Kier molecular flexibility index (Phi) is 4.51. The molecule has 5 rings (SSSR count). The number of hydrogen-bond acceptors (Lipinski definition) is 1. The Balaban J connectivity index is 1.55. The minimum absolute atomic E-state index is 0.129. The first-order chi connectivity index (χ1) is 14.2. The van der Waals surface area contributed by atoms with E-state index >= 15 is 0 Å². The highest BCUT2D eigenvalue weighted by molar-refractivity contribution is 5.85. The topological polar surface area (TPSA) is 17.1 Å². The molecule has 0 N–H and O–H groups in total. The number of hydrogen-bond donors (Lipinski definition) is 0. The van der Waals surface area contributed by atoms with Gasteiger partial charge in [-0.25, -0.2) is 0 Å². The van der Waals surface area contributed by atoms with E-state index in [4.69, 9.17) is 0 Å². The molecule has 0 heterocycles. The monoisotopic (exact) mass is 424 g/mol. The van der Waals surface area contributed by atoms with Gasteiger partial charge in [-0.15, -0.1) is 0 Å². The van der Waals surface area contributed by atoms with E-state index in [1.54, 1.807) is 5.57 Å². The smallest absolute Gasteiger partial charge is 0.138 e. The maximum atomic E-state index is 12.9. The number of allylic oxidation sites excluding steroid dienone is 2. The molecule has 4 saturated carbocycles. The second-order valence-corrected chi connectivity index (χ2v) is 14.8. The molecule has 1 heteroatoms. The quantitative estimate of drug-likeness (QED) is 0.357. The van der Waals surface area contributed by atoms with Gasteiger partial charge in [0.25, 0.3) is 0 Å². The van der Waals surface area contributed by atoms with Crippen molar-refractivity contribution < 1.29 is 4.79 Å². The van der Waals surface area contributed by atoms with Gasteiger partial charge in [0, 0.05) is 11.8 Å². The number of rotatable bonds is 0. The van der Waals surface area contributed by atoms with Crippen molar-refractivity contribution in [1.29, 1.82) is 0 Å². The highest BCUT2D eigenvalue weighted by Crippen LogP contribution is 2.76. The van der Waals surface area contributed by atoms with E-state index in [2.05, 4.69) is 61.5 Å². The fraction of sp³-hybridized carbons (Fsp3) is 0.900. The van der Waals surface area contributed by atoms with Crippen LogP contribution in [0.1, 0.15) is 120 Å². The lowest BCUT2D eigenvalue weighted by Gasteiger charge is -2.73. The van der Waals surface area contributed by atoms with E-state index in [1.807, 2.05) is 0 Å². The van der Waals surface area contributed by atoms with Crippen molar-refractivity contribution in [3.63, 3.8) is 0 Å². The molecular formula is C30H48O. The van der Waals surface area contributed by atoms with Crippen LogP contribution in [0.25, 0.3) is 0 Å². The van der Waals surface area contributed by atoms with Gasteiger partial charge in [-0.05, 0) is 103 Å². The molecule has 0 aliphatic heterocycles. The summed E-state index contributed by atoms with van der Waals surface area (Å²) in [6.45, 7) is 20.1. The summed E-state index contributed by atoms with van der Waals surface area (Å²) in [6.07, 6.45) is 15.5. The van der Waals surface area contributed by atoms with Gasteiger partial charge in [0.1, 0.15) is 5.78 Å². The molecule has 31 heavy (non-hydrogen) atoms. The van der Waals surface area contributed by atoms with E-state index in [9.17, 15) is 4.79 Å². The molecule has 0 aromatic rings. The standard InChI is InChI=1S/C30H48O/c1-25(2)17-18-27(5)20(19-25)11-15-29(7)22(27)9-10-23-28(6)14-13-24(31)26(3,4)21(28)12-16-30(23,29)8/h19,21-23H,9-18H2,1-8H3. The predicted molar refractivity (Wildman–Crippen MR) is 130 cm³/mol. The van der Waals surface area contributed by atoms with Crippen LogP contribution in [0.3, 0.4) is 0 Å². The van der Waals surface area contributed by atoms with Crippen molar-refractivity contribution in [3.8, 4) is 0 Å². The Bertz CT molecular complexity index is 831. The molecule has 7 atom stereocenters. The van der Waals surface area contributed by atoms with Gasteiger partial charge in [0.15, 0.2) is 0 Å². The van der Waals surface area contributed by atoms with E-state index in [1.165, 1.54) is 51.4 Å². The highest BCUT2D eigenvalue weighted by atomic mass is 16.1. The Hall–Kier alpha value is -0.590. The molecule has 0 amide bonds. The van der Waals surface area contributed by atoms with Crippen molar-refractivity contribution in [2.45, 2.75) is 120 Å². The molecule has 0 bridgehead atoms. The first-order valence-electron chi connectivity index (χ1n) is 13.5. The van der Waals surface area contributed by atoms with Crippen LogP contribution < -0.4 is 0 Å². The van der Waals surface area contributed by atoms with Gasteiger partial charge in [-0.1, -0.05) is 67.0 Å². The van der Waals surface area contributed by atoms with Gasteiger partial charge in [0.2, 0.25) is 0 Å². The summed E-state index contributed by atoms with van der Waals surface area (Å²) < 4.78 is 0. The maximum absolute atomic E-state index is 12.9. The Morgan fingerprint density at radius 3 is 2.03 bits per heavy atom. The highest BCUT2D eigenvalue weighted by Gasteiger charge is 2.69. The molecule has 0 aromatic heterocycles. The molecule has 0 aromatic carbocycles. The third kappa shape index (κ3) is 2.64. The van der Waals surface area contributed by atoms with Gasteiger partial charge in [0.05, 0.1) is 0 Å². The van der Waals surface area contributed by atoms with Crippen LogP contribution in [0.15, 0.2) is 11.6 Å². The average Bonchev–Trinajstić information content (AvgIpc) is 2.67. The van der Waals surface area contributed by atoms with Gasteiger partial charge in [-0.3, -0.25) is 4.79 Å². The summed E-state index contributed by atoms with van der Waals surface area (Å²) in [4.78, 5) is 12.9. The lowest BCUT2D eigenvalue weighted by Crippen LogP contribution is -2.66. The van der Waals surface area contributed by atoms with Crippen molar-refractivity contribution in [2.24, 2.45) is 50.2 Å². The van der Waals surface area contributed by atoms with E-state index in [-0.39, 0.29) is 5.41 Å². The summed E-state index contributed by atoms with van der Waals surface area (Å²) in [5.41, 5.74) is 3.66. The number of Topliss-reactive ketones (excluding diaryl/α,β-unsaturated/α-hetero) is 1. The Morgan fingerprint density at radius 2 is 1.32 bits per heavy atom. The first-order valence-corrected chi connectivity index (χ1v) is 13.5. The van der Waals surface area contributed by atoms with Crippen LogP contribution in [0.2, 0.25) is 0 Å². The van der Waals surface area contributed by atoms with E-state index in [0.29, 0.717) is 38.8 Å². The molecule has 174 valence electrons. The number of ketones is 1. The van der Waals surface area contributed by atoms with Crippen molar-refractivity contribution in [3.05, 3.63) is 11.6 Å². The number of fused-ring (bicyclic) bond motifs is 7. The third-order valence-electron chi connectivity index (χ3n) is 12.9. The van der Waals surface area contributed by atoms with Gasteiger partial charge >= 0.3 is 0 Å². The Morgan fingerprint density at radius 1 is 0.677 bits per heavy atom. The predicted octanol–water partition coefficient (Wildman–Crippen LogP) is 8.38. The number of carbonyl (C=O) groups is 1. The largest absolute Gasteiger partial charge is 0.299 e. The first kappa shape index (κ1) is 22.2.